The Kier molecular flexibility index (Phi) is 12.3. The smallest absolute Gasteiger partial charge is 0.408 e. The lowest BCUT2D eigenvalue weighted by Gasteiger charge is -2.18. The SMILES string of the molecule is CC(C)CCNC(=O)Cn1cccc(NC(=O)C(CCC=CC(=O)O)NC(=O)OCc2ccccc2)c1=O. The van der Waals surface area contributed by atoms with E-state index < -0.39 is 29.6 Å². The van der Waals surface area contributed by atoms with Crippen LogP contribution in [-0.2, 0) is 32.3 Å². The van der Waals surface area contributed by atoms with E-state index >= 15 is 0 Å². The number of alkyl carbamates (subject to hydrolysis) is 1. The lowest BCUT2D eigenvalue weighted by Crippen LogP contribution is -2.44. The van der Waals surface area contributed by atoms with Crippen molar-refractivity contribution in [3.05, 3.63) is 76.7 Å². The number of allylic oxidation sites excluding steroid dienone is 1. The standard InChI is InChI=1S/C27H34N4O7/c1-19(2)14-15-28-23(32)17-31-16-8-12-22(26(31)36)29-25(35)21(11-6-7-13-24(33)34)30-27(37)38-18-20-9-4-3-5-10-20/h3-5,7-10,12-13,16,19,21H,6,11,14-15,17-18H2,1-2H3,(H,28,32)(H,29,35)(H,30,37)(H,33,34). The Morgan fingerprint density at radius 1 is 1.05 bits per heavy atom. The Morgan fingerprint density at radius 2 is 1.79 bits per heavy atom. The number of rotatable bonds is 14. The molecule has 0 saturated heterocycles. The molecule has 2 aromatic rings. The molecule has 38 heavy (non-hydrogen) atoms. The molecular weight excluding hydrogens is 492 g/mol. The van der Waals surface area contributed by atoms with Crippen LogP contribution in [0.15, 0.2) is 65.6 Å². The van der Waals surface area contributed by atoms with Gasteiger partial charge in [-0.25, -0.2) is 9.59 Å². The van der Waals surface area contributed by atoms with Gasteiger partial charge in [-0.1, -0.05) is 50.3 Å². The van der Waals surface area contributed by atoms with Crippen molar-refractivity contribution in [1.82, 2.24) is 15.2 Å². The van der Waals surface area contributed by atoms with E-state index in [1.165, 1.54) is 29.0 Å². The number of hydrogen-bond acceptors (Lipinski definition) is 6. The fourth-order valence-corrected chi connectivity index (χ4v) is 3.31. The number of amides is 3. The van der Waals surface area contributed by atoms with E-state index in [0.29, 0.717) is 12.5 Å². The topological polar surface area (TPSA) is 156 Å². The van der Waals surface area contributed by atoms with Crippen molar-refractivity contribution in [2.24, 2.45) is 5.92 Å². The van der Waals surface area contributed by atoms with Gasteiger partial charge in [-0.2, -0.15) is 0 Å². The van der Waals surface area contributed by atoms with Gasteiger partial charge in [0.25, 0.3) is 5.56 Å². The zero-order chi connectivity index (χ0) is 27.9. The van der Waals surface area contributed by atoms with Crippen molar-refractivity contribution < 1.29 is 29.0 Å². The highest BCUT2D eigenvalue weighted by atomic mass is 16.5. The summed E-state index contributed by atoms with van der Waals surface area (Å²) in [5, 5.41) is 16.5. The van der Waals surface area contributed by atoms with Gasteiger partial charge in [-0.3, -0.25) is 14.4 Å². The van der Waals surface area contributed by atoms with Gasteiger partial charge in [0.15, 0.2) is 0 Å². The highest BCUT2D eigenvalue weighted by Gasteiger charge is 2.22. The Bertz CT molecular complexity index is 1180. The maximum atomic E-state index is 13.0. The Morgan fingerprint density at radius 3 is 2.47 bits per heavy atom. The molecule has 2 rings (SSSR count). The van der Waals surface area contributed by atoms with Crippen LogP contribution in [-0.4, -0.2) is 46.1 Å². The van der Waals surface area contributed by atoms with E-state index in [9.17, 15) is 24.0 Å². The van der Waals surface area contributed by atoms with Crippen LogP contribution in [0.1, 0.15) is 38.7 Å². The van der Waals surface area contributed by atoms with E-state index in [0.717, 1.165) is 18.1 Å². The van der Waals surface area contributed by atoms with E-state index in [4.69, 9.17) is 9.84 Å². The molecule has 1 aromatic carbocycles. The Balaban J connectivity index is 2.06. The second-order valence-corrected chi connectivity index (χ2v) is 8.95. The molecule has 204 valence electrons. The van der Waals surface area contributed by atoms with Gasteiger partial charge >= 0.3 is 12.1 Å². The molecule has 1 unspecified atom stereocenters. The number of pyridine rings is 1. The molecule has 0 fully saturated rings. The highest BCUT2D eigenvalue weighted by Crippen LogP contribution is 2.07. The minimum absolute atomic E-state index is 0.0114. The molecule has 0 aliphatic rings. The number of nitrogens with one attached hydrogen (secondary N) is 3. The molecule has 4 N–H and O–H groups in total. The number of carboxylic acid groups (broad SMARTS) is 1. The zero-order valence-corrected chi connectivity index (χ0v) is 21.5. The molecule has 0 radical (unpaired) electrons. The number of anilines is 1. The first kappa shape index (κ1) is 29.8. The predicted molar refractivity (Wildman–Crippen MR) is 141 cm³/mol. The first-order chi connectivity index (χ1) is 18.2. The summed E-state index contributed by atoms with van der Waals surface area (Å²) in [6, 6.07) is 10.8. The third kappa shape index (κ3) is 11.1. The van der Waals surface area contributed by atoms with Crippen molar-refractivity contribution in [3.63, 3.8) is 0 Å². The maximum Gasteiger partial charge on any atom is 0.408 e. The molecule has 0 aliphatic carbocycles. The lowest BCUT2D eigenvalue weighted by molar-refractivity contribution is -0.131. The molecule has 11 heteroatoms. The van der Waals surface area contributed by atoms with E-state index in [-0.39, 0.29) is 37.6 Å². The summed E-state index contributed by atoms with van der Waals surface area (Å²) in [6.45, 7) is 4.34. The van der Waals surface area contributed by atoms with Gasteiger partial charge < -0.3 is 30.4 Å². The van der Waals surface area contributed by atoms with Crippen LogP contribution in [0.5, 0.6) is 0 Å². The van der Waals surface area contributed by atoms with Crippen LogP contribution in [0.2, 0.25) is 0 Å². The fraction of sp³-hybridized carbons (Fsp3) is 0.370. The van der Waals surface area contributed by atoms with Crippen molar-refractivity contribution in [1.29, 1.82) is 0 Å². The van der Waals surface area contributed by atoms with Gasteiger partial charge in [0.1, 0.15) is 24.9 Å². The average Bonchev–Trinajstić information content (AvgIpc) is 2.87. The molecule has 0 spiro atoms. The number of benzene rings is 1. The molecule has 3 amide bonds. The van der Waals surface area contributed by atoms with Crippen LogP contribution in [0.3, 0.4) is 0 Å². The first-order valence-corrected chi connectivity index (χ1v) is 12.3. The van der Waals surface area contributed by atoms with E-state index in [2.05, 4.69) is 16.0 Å². The third-order valence-electron chi connectivity index (χ3n) is 5.34. The highest BCUT2D eigenvalue weighted by molar-refractivity contribution is 5.96. The second kappa shape index (κ2) is 15.6. The van der Waals surface area contributed by atoms with Gasteiger partial charge in [-0.05, 0) is 42.9 Å². The van der Waals surface area contributed by atoms with Gasteiger partial charge in [-0.15, -0.1) is 0 Å². The molecule has 1 aromatic heterocycles. The minimum Gasteiger partial charge on any atom is -0.478 e. The molecule has 1 atom stereocenters. The third-order valence-corrected chi connectivity index (χ3v) is 5.34. The number of ether oxygens (including phenoxy) is 1. The van der Waals surface area contributed by atoms with Gasteiger partial charge in [0.2, 0.25) is 11.8 Å². The van der Waals surface area contributed by atoms with Crippen LogP contribution in [0, 0.1) is 5.92 Å². The fourth-order valence-electron chi connectivity index (χ4n) is 3.31. The van der Waals surface area contributed by atoms with E-state index in [1.54, 1.807) is 24.3 Å². The van der Waals surface area contributed by atoms with E-state index in [1.807, 2.05) is 19.9 Å². The summed E-state index contributed by atoms with van der Waals surface area (Å²) < 4.78 is 6.36. The lowest BCUT2D eigenvalue weighted by atomic mass is 10.1. The average molecular weight is 527 g/mol. The molecule has 0 saturated carbocycles. The zero-order valence-electron chi connectivity index (χ0n) is 21.5. The molecule has 11 nitrogen and oxygen atoms in total. The van der Waals surface area contributed by atoms with Crippen LogP contribution < -0.4 is 21.5 Å². The number of carboxylic acids is 1. The predicted octanol–water partition coefficient (Wildman–Crippen LogP) is 2.67. The quantitative estimate of drug-likeness (QED) is 0.276. The van der Waals surface area contributed by atoms with Crippen LogP contribution >= 0.6 is 0 Å². The normalized spacial score (nSPS) is 11.7. The van der Waals surface area contributed by atoms with Crippen molar-refractivity contribution in [2.45, 2.75) is 52.3 Å². The van der Waals surface area contributed by atoms with Crippen molar-refractivity contribution in [2.75, 3.05) is 11.9 Å². The second-order valence-electron chi connectivity index (χ2n) is 8.95. The number of carbonyl (C=O) groups excluding carboxylic acids is 3. The van der Waals surface area contributed by atoms with Crippen molar-refractivity contribution in [3.8, 4) is 0 Å². The molecule has 0 aliphatic heterocycles. The Labute approximate surface area is 220 Å². The number of hydrogen-bond donors (Lipinski definition) is 4. The summed E-state index contributed by atoms with van der Waals surface area (Å²) >= 11 is 0. The minimum atomic E-state index is -1.14. The maximum absolute atomic E-state index is 13.0. The van der Waals surface area contributed by atoms with Crippen LogP contribution in [0.25, 0.3) is 0 Å². The number of aliphatic carboxylic acids is 1. The van der Waals surface area contributed by atoms with Gasteiger partial charge in [0, 0.05) is 18.8 Å². The number of aromatic nitrogens is 1. The summed E-state index contributed by atoms with van der Waals surface area (Å²) in [5.74, 6) is -1.74. The van der Waals surface area contributed by atoms with Gasteiger partial charge in [0.05, 0.1) is 0 Å². The number of carbonyl (C=O) groups is 4. The molecule has 0 bridgehead atoms. The first-order valence-electron chi connectivity index (χ1n) is 12.3. The van der Waals surface area contributed by atoms with Crippen molar-refractivity contribution >= 4 is 29.6 Å². The number of nitrogens with zero attached hydrogens (tertiary/aromatic N) is 1. The molecular formula is C27H34N4O7. The summed E-state index contributed by atoms with van der Waals surface area (Å²) in [6.07, 6.45) is 3.90. The monoisotopic (exact) mass is 526 g/mol. The summed E-state index contributed by atoms with van der Waals surface area (Å²) in [7, 11) is 0. The van der Waals surface area contributed by atoms with Crippen LogP contribution in [0.4, 0.5) is 10.5 Å². The Hall–Kier alpha value is -4.41. The molecule has 1 heterocycles. The summed E-state index contributed by atoms with van der Waals surface area (Å²) in [5.41, 5.74) is 0.0974. The summed E-state index contributed by atoms with van der Waals surface area (Å²) in [4.78, 5) is 61.1. The largest absolute Gasteiger partial charge is 0.478 e.